The number of nitrogens with one attached hydrogen (secondary N) is 1. The van der Waals surface area contributed by atoms with Crippen molar-refractivity contribution in [3.8, 4) is 0 Å². The molecule has 0 saturated heterocycles. The number of nitrogens with zero attached hydrogens (tertiary/aromatic N) is 1. The van der Waals surface area contributed by atoms with Crippen molar-refractivity contribution in [1.82, 2.24) is 4.98 Å². The van der Waals surface area contributed by atoms with Gasteiger partial charge in [0.1, 0.15) is 10.8 Å². The number of benzene rings is 1. The van der Waals surface area contributed by atoms with E-state index in [1.54, 1.807) is 12.3 Å². The summed E-state index contributed by atoms with van der Waals surface area (Å²) in [5.41, 5.74) is 7.18. The molecule has 0 unspecified atom stereocenters. The average molecular weight is 302 g/mol. The van der Waals surface area contributed by atoms with Gasteiger partial charge < -0.3 is 11.1 Å². The summed E-state index contributed by atoms with van der Waals surface area (Å²) in [6.45, 7) is 1.89. The molecule has 1 heterocycles. The van der Waals surface area contributed by atoms with Crippen LogP contribution < -0.4 is 11.1 Å². The van der Waals surface area contributed by atoms with E-state index < -0.39 is 0 Å². The summed E-state index contributed by atoms with van der Waals surface area (Å²) in [6, 6.07) is 3.14. The van der Waals surface area contributed by atoms with Crippen LogP contribution in [-0.4, -0.2) is 4.98 Å². The van der Waals surface area contributed by atoms with E-state index >= 15 is 0 Å². The van der Waals surface area contributed by atoms with Crippen LogP contribution >= 0.6 is 27.3 Å². The van der Waals surface area contributed by atoms with Gasteiger partial charge in [0, 0.05) is 5.69 Å². The lowest BCUT2D eigenvalue weighted by Crippen LogP contribution is -1.94. The molecule has 6 heteroatoms. The molecule has 0 aliphatic carbocycles. The Labute approximate surface area is 105 Å². The average Bonchev–Trinajstić information content (AvgIpc) is 2.60. The first kappa shape index (κ1) is 11.3. The van der Waals surface area contributed by atoms with E-state index in [1.165, 1.54) is 17.4 Å². The van der Waals surface area contributed by atoms with Crippen LogP contribution in [-0.2, 0) is 0 Å². The molecule has 1 aromatic carbocycles. The zero-order valence-corrected chi connectivity index (χ0v) is 10.8. The standard InChI is InChI=1S/C10H9BrFN3S/c1-5-2-6(11)7(12)3-8(5)15-10-14-4-9(13)16-10/h2-4H,13H2,1H3,(H,14,15). The molecule has 2 aromatic rings. The summed E-state index contributed by atoms with van der Waals surface area (Å²) in [5, 5.41) is 4.31. The molecule has 0 spiro atoms. The van der Waals surface area contributed by atoms with Crippen LogP contribution in [0.1, 0.15) is 5.56 Å². The molecule has 0 amide bonds. The summed E-state index contributed by atoms with van der Waals surface area (Å²) in [7, 11) is 0. The quantitative estimate of drug-likeness (QED) is 0.889. The Morgan fingerprint density at radius 2 is 2.25 bits per heavy atom. The Bertz CT molecular complexity index is 527. The third-order valence-electron chi connectivity index (χ3n) is 2.03. The molecule has 0 aliphatic heterocycles. The molecular weight excluding hydrogens is 293 g/mol. The molecule has 0 aliphatic rings. The highest BCUT2D eigenvalue weighted by molar-refractivity contribution is 9.10. The number of halogens is 2. The second kappa shape index (κ2) is 4.39. The van der Waals surface area contributed by atoms with Crippen molar-refractivity contribution in [2.45, 2.75) is 6.92 Å². The molecule has 0 saturated carbocycles. The molecular formula is C10H9BrFN3S. The maximum absolute atomic E-state index is 13.3. The number of thiazole rings is 1. The monoisotopic (exact) mass is 301 g/mol. The number of nitrogen functional groups attached to an aromatic ring is 1. The number of hydrogen-bond acceptors (Lipinski definition) is 4. The zero-order chi connectivity index (χ0) is 11.7. The molecule has 16 heavy (non-hydrogen) atoms. The second-order valence-electron chi connectivity index (χ2n) is 3.27. The van der Waals surface area contributed by atoms with Gasteiger partial charge in [0.05, 0.1) is 10.7 Å². The highest BCUT2D eigenvalue weighted by Crippen LogP contribution is 2.29. The fourth-order valence-electron chi connectivity index (χ4n) is 1.24. The Balaban J connectivity index is 2.31. The van der Waals surface area contributed by atoms with Crippen LogP contribution in [0.4, 0.5) is 20.2 Å². The van der Waals surface area contributed by atoms with Crippen molar-refractivity contribution in [1.29, 1.82) is 0 Å². The SMILES string of the molecule is Cc1cc(Br)c(F)cc1Nc1ncc(N)s1. The topological polar surface area (TPSA) is 50.9 Å². The van der Waals surface area contributed by atoms with Gasteiger partial charge in [0.25, 0.3) is 0 Å². The Morgan fingerprint density at radius 3 is 2.88 bits per heavy atom. The fourth-order valence-corrected chi connectivity index (χ4v) is 2.29. The summed E-state index contributed by atoms with van der Waals surface area (Å²) < 4.78 is 13.8. The van der Waals surface area contributed by atoms with Crippen molar-refractivity contribution >= 4 is 43.1 Å². The maximum Gasteiger partial charge on any atom is 0.189 e. The summed E-state index contributed by atoms with van der Waals surface area (Å²) >= 11 is 4.46. The molecule has 0 atom stereocenters. The molecule has 0 fully saturated rings. The fraction of sp³-hybridized carbons (Fsp3) is 0.100. The number of aryl methyl sites for hydroxylation is 1. The lowest BCUT2D eigenvalue weighted by molar-refractivity contribution is 0.621. The predicted octanol–water partition coefficient (Wildman–Crippen LogP) is 3.68. The van der Waals surface area contributed by atoms with Crippen LogP contribution in [0.25, 0.3) is 0 Å². The van der Waals surface area contributed by atoms with Gasteiger partial charge in [-0.05, 0) is 40.5 Å². The predicted molar refractivity (Wildman–Crippen MR) is 68.6 cm³/mol. The molecule has 2 rings (SSSR count). The number of anilines is 3. The van der Waals surface area contributed by atoms with Crippen LogP contribution in [0.3, 0.4) is 0 Å². The van der Waals surface area contributed by atoms with Crippen LogP contribution in [0.5, 0.6) is 0 Å². The van der Waals surface area contributed by atoms with Crippen LogP contribution in [0.2, 0.25) is 0 Å². The van der Waals surface area contributed by atoms with Crippen molar-refractivity contribution < 1.29 is 4.39 Å². The summed E-state index contributed by atoms with van der Waals surface area (Å²) in [4.78, 5) is 4.05. The Hall–Kier alpha value is -1.14. The number of aromatic nitrogens is 1. The zero-order valence-electron chi connectivity index (χ0n) is 8.42. The molecule has 0 radical (unpaired) electrons. The summed E-state index contributed by atoms with van der Waals surface area (Å²) in [5.74, 6) is -0.308. The number of hydrogen-bond donors (Lipinski definition) is 2. The first-order valence-corrected chi connectivity index (χ1v) is 6.11. The van der Waals surface area contributed by atoms with E-state index in [0.717, 1.165) is 5.56 Å². The molecule has 84 valence electrons. The summed E-state index contributed by atoms with van der Waals surface area (Å²) in [6.07, 6.45) is 1.57. The van der Waals surface area contributed by atoms with Gasteiger partial charge in [-0.1, -0.05) is 11.3 Å². The van der Waals surface area contributed by atoms with Gasteiger partial charge in [-0.2, -0.15) is 0 Å². The highest BCUT2D eigenvalue weighted by Gasteiger charge is 2.07. The molecule has 0 bridgehead atoms. The van der Waals surface area contributed by atoms with E-state index in [9.17, 15) is 4.39 Å². The second-order valence-corrected chi connectivity index (χ2v) is 5.19. The van der Waals surface area contributed by atoms with Crippen molar-refractivity contribution in [2.75, 3.05) is 11.1 Å². The third kappa shape index (κ3) is 2.33. The Morgan fingerprint density at radius 1 is 1.50 bits per heavy atom. The van der Waals surface area contributed by atoms with E-state index in [-0.39, 0.29) is 5.82 Å². The lowest BCUT2D eigenvalue weighted by atomic mass is 10.2. The maximum atomic E-state index is 13.3. The minimum Gasteiger partial charge on any atom is -0.389 e. The van der Waals surface area contributed by atoms with E-state index in [4.69, 9.17) is 5.73 Å². The van der Waals surface area contributed by atoms with Gasteiger partial charge in [-0.25, -0.2) is 9.37 Å². The molecule has 1 aromatic heterocycles. The van der Waals surface area contributed by atoms with Gasteiger partial charge >= 0.3 is 0 Å². The van der Waals surface area contributed by atoms with Crippen LogP contribution in [0.15, 0.2) is 22.8 Å². The van der Waals surface area contributed by atoms with E-state index in [0.29, 0.717) is 20.3 Å². The molecule has 3 N–H and O–H groups in total. The smallest absolute Gasteiger partial charge is 0.189 e. The number of nitrogens with two attached hydrogens (primary N) is 1. The van der Waals surface area contributed by atoms with E-state index in [1.807, 2.05) is 6.92 Å². The van der Waals surface area contributed by atoms with Gasteiger partial charge in [-0.15, -0.1) is 0 Å². The Kier molecular flexibility index (Phi) is 3.11. The lowest BCUT2D eigenvalue weighted by Gasteiger charge is -2.07. The third-order valence-corrected chi connectivity index (χ3v) is 3.38. The van der Waals surface area contributed by atoms with Crippen molar-refractivity contribution in [3.63, 3.8) is 0 Å². The minimum atomic E-state index is -0.308. The van der Waals surface area contributed by atoms with Gasteiger partial charge in [0.2, 0.25) is 0 Å². The first-order chi connectivity index (χ1) is 7.56. The van der Waals surface area contributed by atoms with Gasteiger partial charge in [0.15, 0.2) is 5.13 Å². The highest BCUT2D eigenvalue weighted by atomic mass is 79.9. The van der Waals surface area contributed by atoms with Crippen molar-refractivity contribution in [3.05, 3.63) is 34.2 Å². The first-order valence-electron chi connectivity index (χ1n) is 4.50. The largest absolute Gasteiger partial charge is 0.389 e. The number of rotatable bonds is 2. The minimum absolute atomic E-state index is 0.308. The van der Waals surface area contributed by atoms with Crippen molar-refractivity contribution in [2.24, 2.45) is 0 Å². The normalized spacial score (nSPS) is 10.4. The van der Waals surface area contributed by atoms with Gasteiger partial charge in [-0.3, -0.25) is 0 Å². The molecule has 3 nitrogen and oxygen atoms in total. The van der Waals surface area contributed by atoms with Crippen LogP contribution in [0, 0.1) is 12.7 Å². The van der Waals surface area contributed by atoms with E-state index in [2.05, 4.69) is 26.2 Å².